The van der Waals surface area contributed by atoms with Crippen molar-refractivity contribution in [1.82, 2.24) is 9.13 Å². The molecule has 0 spiro atoms. The molecule has 3 aromatic heterocycles. The number of para-hydroxylation sites is 4. The number of hydrogen-bond acceptors (Lipinski definition) is 1. The van der Waals surface area contributed by atoms with Gasteiger partial charge < -0.3 is 13.6 Å². The van der Waals surface area contributed by atoms with Gasteiger partial charge in [0.15, 0.2) is 0 Å². The third kappa shape index (κ3) is 3.02. The fourth-order valence-electron chi connectivity index (χ4n) is 6.42. The van der Waals surface area contributed by atoms with Gasteiger partial charge in [0.05, 0.1) is 22.1 Å². The first-order valence-corrected chi connectivity index (χ1v) is 13.3. The largest absolute Gasteiger partial charge is 0.456 e. The Kier molecular flexibility index (Phi) is 4.77. The van der Waals surface area contributed by atoms with Gasteiger partial charge in [0.2, 0.25) is 0 Å². The van der Waals surface area contributed by atoms with Gasteiger partial charge in [-0.3, -0.25) is 0 Å². The van der Waals surface area contributed by atoms with Crippen LogP contribution in [0.5, 0.6) is 0 Å². The molecule has 3 heterocycles. The summed E-state index contributed by atoms with van der Waals surface area (Å²) < 4.78 is 11.1. The molecule has 0 atom stereocenters. The van der Waals surface area contributed by atoms with Gasteiger partial charge in [0, 0.05) is 58.2 Å². The second-order valence-corrected chi connectivity index (χ2v) is 10.2. The molecule has 3 nitrogen and oxygen atoms in total. The van der Waals surface area contributed by atoms with E-state index in [1.165, 1.54) is 43.8 Å². The van der Waals surface area contributed by atoms with E-state index in [2.05, 4.69) is 130 Å². The molecule has 3 radical (unpaired) electrons. The number of benzene rings is 6. The average molecular weight is 509 g/mol. The van der Waals surface area contributed by atoms with Crippen molar-refractivity contribution >= 4 is 74.0 Å². The summed E-state index contributed by atoms with van der Waals surface area (Å²) in [6, 6.07) is 47.6. The van der Waals surface area contributed by atoms with Crippen LogP contribution in [0.25, 0.3) is 76.9 Å². The Balaban J connectivity index is 0.00000245. The molecule has 6 aromatic carbocycles. The molecule has 0 aliphatic carbocycles. The highest BCUT2D eigenvalue weighted by Crippen LogP contribution is 2.39. The van der Waals surface area contributed by atoms with Gasteiger partial charge in [0.25, 0.3) is 0 Å². The lowest BCUT2D eigenvalue weighted by Gasteiger charge is -2.10. The third-order valence-corrected chi connectivity index (χ3v) is 8.10. The molecule has 9 aromatic rings. The zero-order valence-electron chi connectivity index (χ0n) is 21.6. The lowest BCUT2D eigenvalue weighted by Crippen LogP contribution is -1.95. The van der Waals surface area contributed by atoms with Crippen molar-refractivity contribution < 1.29 is 4.42 Å². The smallest absolute Gasteiger partial charge is 0.137 e. The minimum absolute atomic E-state index is 0. The van der Waals surface area contributed by atoms with Crippen molar-refractivity contribution in [3.05, 3.63) is 133 Å². The lowest BCUT2D eigenvalue weighted by molar-refractivity contribution is 0.669. The third-order valence-electron chi connectivity index (χ3n) is 8.10. The molecule has 4 heteroatoms. The second kappa shape index (κ2) is 8.39. The first kappa shape index (κ1) is 22.7. The van der Waals surface area contributed by atoms with Gasteiger partial charge in [-0.05, 0) is 54.6 Å². The monoisotopic (exact) mass is 509 g/mol. The molecule has 0 unspecified atom stereocenters. The summed E-state index contributed by atoms with van der Waals surface area (Å²) in [5.74, 6) is 0. The van der Waals surface area contributed by atoms with Crippen molar-refractivity contribution in [1.29, 1.82) is 0 Å². The van der Waals surface area contributed by atoms with E-state index in [9.17, 15) is 0 Å². The van der Waals surface area contributed by atoms with E-state index in [0.29, 0.717) is 0 Å². The molecule has 0 N–H and O–H groups in total. The number of rotatable bonds is 2. The zero-order valence-corrected chi connectivity index (χ0v) is 21.6. The quantitative estimate of drug-likeness (QED) is 0.213. The van der Waals surface area contributed by atoms with Gasteiger partial charge in [0.1, 0.15) is 11.2 Å². The SMILES string of the molecule is [B].c1ccc(-n2c3ccccc3c3cc(-n4c5ccccc5c5cc6c(cc54)oc4ccccc46)ccc32)cc1. The summed E-state index contributed by atoms with van der Waals surface area (Å²) >= 11 is 0. The van der Waals surface area contributed by atoms with E-state index in [0.717, 1.165) is 33.1 Å². The number of aromatic nitrogens is 2. The zero-order chi connectivity index (χ0) is 25.5. The van der Waals surface area contributed by atoms with E-state index >= 15 is 0 Å². The summed E-state index contributed by atoms with van der Waals surface area (Å²) in [7, 11) is 0. The van der Waals surface area contributed by atoms with Crippen molar-refractivity contribution in [2.45, 2.75) is 0 Å². The molecule has 185 valence electrons. The molecule has 0 bridgehead atoms. The summed E-state index contributed by atoms with van der Waals surface area (Å²) in [6.07, 6.45) is 0. The van der Waals surface area contributed by atoms with Crippen LogP contribution in [0.15, 0.2) is 138 Å². The Morgan fingerprint density at radius 2 is 0.925 bits per heavy atom. The van der Waals surface area contributed by atoms with Gasteiger partial charge >= 0.3 is 0 Å². The fourth-order valence-corrected chi connectivity index (χ4v) is 6.42. The van der Waals surface area contributed by atoms with Crippen LogP contribution in [0.2, 0.25) is 0 Å². The first-order chi connectivity index (χ1) is 19.3. The molecule has 0 aliphatic rings. The number of nitrogens with zero attached hydrogens (tertiary/aromatic N) is 2. The standard InChI is InChI=1S/C36H22N2O.B/c1-2-10-23(11-3-1)37-31-15-7-4-12-25(31)28-20-24(18-19-33(28)37)38-32-16-8-5-13-26(32)29-21-30-27-14-6-9-17-35(27)39-36(30)22-34(29)38;/h1-22H;. The highest BCUT2D eigenvalue weighted by Gasteiger charge is 2.18. The van der Waals surface area contributed by atoms with Crippen LogP contribution in [0, 0.1) is 0 Å². The molecule has 0 amide bonds. The molecule has 0 aliphatic heterocycles. The van der Waals surface area contributed by atoms with E-state index in [4.69, 9.17) is 4.42 Å². The summed E-state index contributed by atoms with van der Waals surface area (Å²) in [5, 5.41) is 7.27. The normalized spacial score (nSPS) is 11.8. The summed E-state index contributed by atoms with van der Waals surface area (Å²) in [4.78, 5) is 0. The molecule has 0 saturated carbocycles. The van der Waals surface area contributed by atoms with Crippen molar-refractivity contribution in [2.75, 3.05) is 0 Å². The van der Waals surface area contributed by atoms with Crippen molar-refractivity contribution in [2.24, 2.45) is 0 Å². The molecule has 40 heavy (non-hydrogen) atoms. The van der Waals surface area contributed by atoms with Crippen LogP contribution in [-0.4, -0.2) is 17.5 Å². The van der Waals surface area contributed by atoms with Crippen LogP contribution in [0.1, 0.15) is 0 Å². The Morgan fingerprint density at radius 3 is 1.68 bits per heavy atom. The van der Waals surface area contributed by atoms with Gasteiger partial charge in [-0.1, -0.05) is 72.8 Å². The van der Waals surface area contributed by atoms with Crippen molar-refractivity contribution in [3.63, 3.8) is 0 Å². The van der Waals surface area contributed by atoms with Crippen LogP contribution in [0.4, 0.5) is 0 Å². The number of fused-ring (bicyclic) bond motifs is 9. The summed E-state index contributed by atoms with van der Waals surface area (Å²) in [5.41, 5.74) is 8.89. The van der Waals surface area contributed by atoms with Gasteiger partial charge in [-0.25, -0.2) is 0 Å². The Bertz CT molecular complexity index is 2390. The van der Waals surface area contributed by atoms with Gasteiger partial charge in [-0.2, -0.15) is 0 Å². The highest BCUT2D eigenvalue weighted by atomic mass is 16.3. The molecular formula is C36H22BN2O. The molecular weight excluding hydrogens is 487 g/mol. The van der Waals surface area contributed by atoms with Crippen LogP contribution in [0.3, 0.4) is 0 Å². The Morgan fingerprint density at radius 1 is 0.350 bits per heavy atom. The van der Waals surface area contributed by atoms with E-state index in [1.54, 1.807) is 0 Å². The Hall–Kier alpha value is -5.22. The minimum atomic E-state index is 0. The van der Waals surface area contributed by atoms with Crippen LogP contribution in [-0.2, 0) is 0 Å². The number of furan rings is 1. The maximum Gasteiger partial charge on any atom is 0.137 e. The van der Waals surface area contributed by atoms with E-state index in [-0.39, 0.29) is 8.41 Å². The van der Waals surface area contributed by atoms with Gasteiger partial charge in [-0.15, -0.1) is 0 Å². The molecule has 9 rings (SSSR count). The van der Waals surface area contributed by atoms with Crippen molar-refractivity contribution in [3.8, 4) is 11.4 Å². The Labute approximate surface area is 232 Å². The maximum atomic E-state index is 6.31. The van der Waals surface area contributed by atoms with E-state index in [1.807, 2.05) is 12.1 Å². The highest BCUT2D eigenvalue weighted by molar-refractivity contribution is 6.18. The van der Waals surface area contributed by atoms with E-state index < -0.39 is 0 Å². The first-order valence-electron chi connectivity index (χ1n) is 13.3. The lowest BCUT2D eigenvalue weighted by atomic mass is 10.1. The summed E-state index contributed by atoms with van der Waals surface area (Å²) in [6.45, 7) is 0. The van der Waals surface area contributed by atoms with Crippen LogP contribution < -0.4 is 0 Å². The predicted octanol–water partition coefficient (Wildman–Crippen LogP) is 9.40. The fraction of sp³-hybridized carbons (Fsp3) is 0. The van der Waals surface area contributed by atoms with Crippen LogP contribution >= 0.6 is 0 Å². The predicted molar refractivity (Wildman–Crippen MR) is 168 cm³/mol. The number of hydrogen-bond donors (Lipinski definition) is 0. The maximum absolute atomic E-state index is 6.31. The second-order valence-electron chi connectivity index (χ2n) is 10.2. The topological polar surface area (TPSA) is 23.0 Å². The average Bonchev–Trinajstić information content (AvgIpc) is 3.63. The minimum Gasteiger partial charge on any atom is -0.456 e. The molecule has 0 fully saturated rings. The molecule has 0 saturated heterocycles.